The highest BCUT2D eigenvalue weighted by atomic mass is 16.5. The summed E-state index contributed by atoms with van der Waals surface area (Å²) in [7, 11) is 1.61. The second-order valence-electron chi connectivity index (χ2n) is 4.19. The predicted octanol–water partition coefficient (Wildman–Crippen LogP) is 0.744. The lowest BCUT2D eigenvalue weighted by atomic mass is 10.3. The molecule has 6 heteroatoms. The van der Waals surface area contributed by atoms with Gasteiger partial charge in [-0.15, -0.1) is 0 Å². The van der Waals surface area contributed by atoms with Gasteiger partial charge in [0.2, 0.25) is 0 Å². The second kappa shape index (κ2) is 7.13. The van der Waals surface area contributed by atoms with Crippen LogP contribution in [0.1, 0.15) is 18.3 Å². The van der Waals surface area contributed by atoms with Gasteiger partial charge in [0.15, 0.2) is 0 Å². The van der Waals surface area contributed by atoms with E-state index in [2.05, 4.69) is 5.10 Å². The smallest absolute Gasteiger partial charge is 0.317 e. The van der Waals surface area contributed by atoms with Gasteiger partial charge in [-0.2, -0.15) is 5.10 Å². The van der Waals surface area contributed by atoms with E-state index in [-0.39, 0.29) is 6.54 Å². The number of aryl methyl sites for hydroxylation is 2. The summed E-state index contributed by atoms with van der Waals surface area (Å²) in [6.45, 7) is 6.44. The van der Waals surface area contributed by atoms with Gasteiger partial charge in [-0.3, -0.25) is 14.4 Å². The highest BCUT2D eigenvalue weighted by Gasteiger charge is 2.13. The van der Waals surface area contributed by atoms with Gasteiger partial charge < -0.3 is 9.84 Å². The monoisotopic (exact) mass is 255 g/mol. The van der Waals surface area contributed by atoms with E-state index in [4.69, 9.17) is 9.84 Å². The Morgan fingerprint density at radius 3 is 2.89 bits per heavy atom. The average Bonchev–Trinajstić information content (AvgIpc) is 2.65. The lowest BCUT2D eigenvalue weighted by molar-refractivity contribution is -0.138. The van der Waals surface area contributed by atoms with Gasteiger partial charge in [-0.25, -0.2) is 0 Å². The summed E-state index contributed by atoms with van der Waals surface area (Å²) in [6, 6.07) is 1.99. The maximum Gasteiger partial charge on any atom is 0.317 e. The molecule has 0 unspecified atom stereocenters. The minimum absolute atomic E-state index is 0.0112. The Hall–Kier alpha value is -1.40. The Morgan fingerprint density at radius 2 is 2.33 bits per heavy atom. The molecule has 102 valence electrons. The minimum atomic E-state index is -0.828. The van der Waals surface area contributed by atoms with Crippen LogP contribution in [0.3, 0.4) is 0 Å². The number of aromatic nitrogens is 2. The summed E-state index contributed by atoms with van der Waals surface area (Å²) in [5, 5.41) is 13.2. The van der Waals surface area contributed by atoms with Crippen LogP contribution < -0.4 is 0 Å². The van der Waals surface area contributed by atoms with E-state index < -0.39 is 5.97 Å². The summed E-state index contributed by atoms with van der Waals surface area (Å²) in [5.41, 5.74) is 1.99. The second-order valence-corrected chi connectivity index (χ2v) is 4.19. The van der Waals surface area contributed by atoms with Crippen LogP contribution in [-0.4, -0.2) is 52.6 Å². The summed E-state index contributed by atoms with van der Waals surface area (Å²) >= 11 is 0. The summed E-state index contributed by atoms with van der Waals surface area (Å²) in [5.74, 6) is -0.828. The number of carboxylic acid groups (broad SMARTS) is 1. The molecule has 1 aromatic rings. The molecular formula is C12H21N3O3. The first kappa shape index (κ1) is 14.7. The maximum atomic E-state index is 10.8. The fourth-order valence-electron chi connectivity index (χ4n) is 1.85. The molecule has 0 bridgehead atoms. The highest BCUT2D eigenvalue weighted by molar-refractivity contribution is 5.69. The van der Waals surface area contributed by atoms with Crippen molar-refractivity contribution in [3.05, 3.63) is 17.5 Å². The molecular weight excluding hydrogens is 234 g/mol. The van der Waals surface area contributed by atoms with Gasteiger partial charge in [0.25, 0.3) is 0 Å². The van der Waals surface area contributed by atoms with E-state index in [1.807, 2.05) is 29.5 Å². The molecule has 1 N–H and O–H groups in total. The van der Waals surface area contributed by atoms with E-state index in [9.17, 15) is 4.79 Å². The zero-order valence-corrected chi connectivity index (χ0v) is 11.2. The molecule has 0 aromatic carbocycles. The number of aliphatic carboxylic acids is 1. The standard InChI is InChI=1S/C12H21N3O3/c1-4-15-11(7-10(2)13-15)8-14(5-6-18-3)9-12(16)17/h7H,4-6,8-9H2,1-3H3,(H,16,17). The van der Waals surface area contributed by atoms with Crippen molar-refractivity contribution in [2.45, 2.75) is 26.9 Å². The molecule has 6 nitrogen and oxygen atoms in total. The van der Waals surface area contributed by atoms with E-state index in [0.29, 0.717) is 19.7 Å². The van der Waals surface area contributed by atoms with Crippen LogP contribution in [0, 0.1) is 6.92 Å². The normalized spacial score (nSPS) is 11.1. The van der Waals surface area contributed by atoms with Gasteiger partial charge >= 0.3 is 5.97 Å². The van der Waals surface area contributed by atoms with Crippen molar-refractivity contribution in [3.8, 4) is 0 Å². The molecule has 0 spiro atoms. The van der Waals surface area contributed by atoms with Crippen molar-refractivity contribution in [3.63, 3.8) is 0 Å². The van der Waals surface area contributed by atoms with Crippen LogP contribution in [0.4, 0.5) is 0 Å². The third kappa shape index (κ3) is 4.46. The largest absolute Gasteiger partial charge is 0.480 e. The number of carboxylic acids is 1. The highest BCUT2D eigenvalue weighted by Crippen LogP contribution is 2.07. The van der Waals surface area contributed by atoms with Gasteiger partial charge in [0.1, 0.15) is 0 Å². The van der Waals surface area contributed by atoms with Crippen molar-refractivity contribution in [1.29, 1.82) is 0 Å². The number of rotatable bonds is 8. The molecule has 0 saturated carbocycles. The predicted molar refractivity (Wildman–Crippen MR) is 67.4 cm³/mol. The molecule has 0 amide bonds. The van der Waals surface area contributed by atoms with Crippen LogP contribution in [0.5, 0.6) is 0 Å². The Bertz CT molecular complexity index is 390. The van der Waals surface area contributed by atoms with Crippen LogP contribution in [0.2, 0.25) is 0 Å². The van der Waals surface area contributed by atoms with Crippen molar-refractivity contribution < 1.29 is 14.6 Å². The van der Waals surface area contributed by atoms with Crippen molar-refractivity contribution in [2.75, 3.05) is 26.8 Å². The first-order valence-corrected chi connectivity index (χ1v) is 6.03. The molecule has 0 aliphatic carbocycles. The molecule has 0 aliphatic heterocycles. The van der Waals surface area contributed by atoms with Crippen molar-refractivity contribution in [2.24, 2.45) is 0 Å². The van der Waals surface area contributed by atoms with E-state index in [1.165, 1.54) is 0 Å². The van der Waals surface area contributed by atoms with E-state index in [1.54, 1.807) is 7.11 Å². The minimum Gasteiger partial charge on any atom is -0.480 e. The number of hydrogen-bond donors (Lipinski definition) is 1. The molecule has 1 rings (SSSR count). The molecule has 1 heterocycles. The number of hydrogen-bond acceptors (Lipinski definition) is 4. The van der Waals surface area contributed by atoms with Gasteiger partial charge in [0.05, 0.1) is 24.5 Å². The van der Waals surface area contributed by atoms with Crippen molar-refractivity contribution >= 4 is 5.97 Å². The molecule has 1 aromatic heterocycles. The van der Waals surface area contributed by atoms with Gasteiger partial charge in [-0.05, 0) is 19.9 Å². The number of carbonyl (C=O) groups is 1. The number of nitrogens with zero attached hydrogens (tertiary/aromatic N) is 3. The third-order valence-corrected chi connectivity index (χ3v) is 2.64. The number of methoxy groups -OCH3 is 1. The van der Waals surface area contributed by atoms with E-state index in [0.717, 1.165) is 17.9 Å². The Kier molecular flexibility index (Phi) is 5.80. The van der Waals surface area contributed by atoms with Crippen LogP contribution in [-0.2, 0) is 22.6 Å². The average molecular weight is 255 g/mol. The zero-order chi connectivity index (χ0) is 13.5. The summed E-state index contributed by atoms with van der Waals surface area (Å²) in [4.78, 5) is 12.7. The quantitative estimate of drug-likeness (QED) is 0.742. The number of ether oxygens (including phenoxy) is 1. The van der Waals surface area contributed by atoms with Gasteiger partial charge in [0, 0.05) is 26.7 Å². The Morgan fingerprint density at radius 1 is 1.61 bits per heavy atom. The molecule has 0 radical (unpaired) electrons. The maximum absolute atomic E-state index is 10.8. The van der Waals surface area contributed by atoms with Crippen LogP contribution in [0.25, 0.3) is 0 Å². The van der Waals surface area contributed by atoms with Crippen molar-refractivity contribution in [1.82, 2.24) is 14.7 Å². The molecule has 18 heavy (non-hydrogen) atoms. The fourth-order valence-corrected chi connectivity index (χ4v) is 1.85. The van der Waals surface area contributed by atoms with E-state index >= 15 is 0 Å². The molecule has 0 fully saturated rings. The first-order valence-electron chi connectivity index (χ1n) is 6.03. The van der Waals surface area contributed by atoms with Crippen LogP contribution >= 0.6 is 0 Å². The SMILES string of the molecule is CCn1nc(C)cc1CN(CCOC)CC(=O)O. The summed E-state index contributed by atoms with van der Waals surface area (Å²) < 4.78 is 6.90. The Balaban J connectivity index is 2.70. The third-order valence-electron chi connectivity index (χ3n) is 2.64. The summed E-state index contributed by atoms with van der Waals surface area (Å²) in [6.07, 6.45) is 0. The molecule has 0 aliphatic rings. The molecule has 0 atom stereocenters. The lowest BCUT2D eigenvalue weighted by Crippen LogP contribution is -2.33. The van der Waals surface area contributed by atoms with Crippen LogP contribution in [0.15, 0.2) is 6.07 Å². The lowest BCUT2D eigenvalue weighted by Gasteiger charge is -2.20. The Labute approximate surface area is 107 Å². The topological polar surface area (TPSA) is 67.6 Å². The first-order chi connectivity index (χ1) is 8.56. The fraction of sp³-hybridized carbons (Fsp3) is 0.667. The molecule has 0 saturated heterocycles. The van der Waals surface area contributed by atoms with Gasteiger partial charge in [-0.1, -0.05) is 0 Å². The zero-order valence-electron chi connectivity index (χ0n) is 11.2.